The van der Waals surface area contributed by atoms with E-state index in [1.54, 1.807) is 18.3 Å². The second-order valence-corrected chi connectivity index (χ2v) is 5.95. The Morgan fingerprint density at radius 2 is 2.13 bits per heavy atom. The molecule has 0 unspecified atom stereocenters. The number of halogens is 1. The number of nitrogens with zero attached hydrogens (tertiary/aromatic N) is 2. The molecule has 1 aromatic carbocycles. The summed E-state index contributed by atoms with van der Waals surface area (Å²) >= 11 is 1.50. The van der Waals surface area contributed by atoms with Crippen LogP contribution in [0, 0.1) is 19.7 Å². The minimum Gasteiger partial charge on any atom is -0.482 e. The summed E-state index contributed by atoms with van der Waals surface area (Å²) in [4.78, 5) is 16.7. The third-order valence-corrected chi connectivity index (χ3v) is 4.29. The fraction of sp³-hybridized carbons (Fsp3) is 0.176. The summed E-state index contributed by atoms with van der Waals surface area (Å²) in [5.41, 5.74) is 2.29. The predicted molar refractivity (Wildman–Crippen MR) is 87.1 cm³/mol. The van der Waals surface area contributed by atoms with Crippen LogP contribution in [0.15, 0.2) is 41.9 Å². The number of hydrogen-bond donors (Lipinski definition) is 0. The number of para-hydroxylation sites is 1. The molecule has 0 atom stereocenters. The lowest BCUT2D eigenvalue weighted by Crippen LogP contribution is -2.13. The van der Waals surface area contributed by atoms with Crippen LogP contribution in [0.1, 0.15) is 21.7 Å². The molecule has 0 saturated carbocycles. The molecular weight excluding hydrogens is 315 g/mol. The van der Waals surface area contributed by atoms with Crippen molar-refractivity contribution in [3.63, 3.8) is 0 Å². The average molecular weight is 330 g/mol. The predicted octanol–water partition coefficient (Wildman–Crippen LogP) is 3.95. The van der Waals surface area contributed by atoms with Crippen LogP contribution in [0.2, 0.25) is 0 Å². The highest BCUT2D eigenvalue weighted by Crippen LogP contribution is 2.23. The van der Waals surface area contributed by atoms with E-state index in [1.807, 2.05) is 29.9 Å². The normalized spacial score (nSPS) is 10.7. The highest BCUT2D eigenvalue weighted by molar-refractivity contribution is 7.12. The van der Waals surface area contributed by atoms with E-state index in [2.05, 4.69) is 4.98 Å². The number of Topliss-reactive ketones (excluding diaryl/α,β-unsaturated/α-hetero) is 1. The van der Waals surface area contributed by atoms with Crippen LogP contribution in [-0.4, -0.2) is 21.9 Å². The maximum Gasteiger partial charge on any atom is 0.202 e. The molecule has 0 fully saturated rings. The van der Waals surface area contributed by atoms with Gasteiger partial charge in [0.15, 0.2) is 23.3 Å². The Morgan fingerprint density at radius 1 is 1.35 bits per heavy atom. The molecule has 2 aromatic heterocycles. The molecule has 23 heavy (non-hydrogen) atoms. The number of aromatic nitrogens is 2. The summed E-state index contributed by atoms with van der Waals surface area (Å²) in [7, 11) is 0. The minimum atomic E-state index is -0.478. The van der Waals surface area contributed by atoms with E-state index >= 15 is 0 Å². The van der Waals surface area contributed by atoms with Gasteiger partial charge in [0.25, 0.3) is 0 Å². The van der Waals surface area contributed by atoms with Gasteiger partial charge < -0.3 is 4.74 Å². The molecule has 4 nitrogen and oxygen atoms in total. The van der Waals surface area contributed by atoms with Gasteiger partial charge in [0.05, 0.1) is 0 Å². The molecular formula is C17H15FN2O2S. The Labute approximate surface area is 137 Å². The van der Waals surface area contributed by atoms with Crippen molar-refractivity contribution >= 4 is 17.1 Å². The van der Waals surface area contributed by atoms with E-state index in [-0.39, 0.29) is 18.1 Å². The number of thiazole rings is 1. The van der Waals surface area contributed by atoms with Crippen LogP contribution >= 0.6 is 11.3 Å². The molecule has 0 radical (unpaired) electrons. The van der Waals surface area contributed by atoms with Gasteiger partial charge in [-0.15, -0.1) is 11.3 Å². The zero-order valence-corrected chi connectivity index (χ0v) is 13.6. The number of ether oxygens (including phenoxy) is 1. The maximum absolute atomic E-state index is 13.5. The second-order valence-electron chi connectivity index (χ2n) is 5.08. The molecule has 0 aliphatic heterocycles. The van der Waals surface area contributed by atoms with E-state index in [0.29, 0.717) is 5.56 Å². The number of carbonyl (C=O) groups is 1. The molecule has 2 heterocycles. The summed E-state index contributed by atoms with van der Waals surface area (Å²) in [5, 5.41) is 2.70. The van der Waals surface area contributed by atoms with Crippen molar-refractivity contribution in [1.82, 2.24) is 9.55 Å². The molecule has 0 aliphatic rings. The van der Waals surface area contributed by atoms with Gasteiger partial charge in [-0.1, -0.05) is 12.1 Å². The van der Waals surface area contributed by atoms with Crippen molar-refractivity contribution in [3.05, 3.63) is 64.7 Å². The van der Waals surface area contributed by atoms with Gasteiger partial charge in [0.2, 0.25) is 5.78 Å². The highest BCUT2D eigenvalue weighted by Gasteiger charge is 2.18. The Hall–Kier alpha value is -2.47. The van der Waals surface area contributed by atoms with Crippen LogP contribution in [0.4, 0.5) is 4.39 Å². The Balaban J connectivity index is 1.81. The number of benzene rings is 1. The first-order valence-corrected chi connectivity index (χ1v) is 7.95. The standard InChI is InChI=1S/C17H15FN2O2S/c1-11-9-13(12(2)20(11)17-19-7-8-23-17)15(21)10-22-16-6-4-3-5-14(16)18/h3-9H,10H2,1-2H3. The quantitative estimate of drug-likeness (QED) is 0.665. The van der Waals surface area contributed by atoms with Crippen LogP contribution < -0.4 is 4.74 Å². The smallest absolute Gasteiger partial charge is 0.202 e. The molecule has 0 N–H and O–H groups in total. The van der Waals surface area contributed by atoms with E-state index < -0.39 is 5.82 Å². The molecule has 118 valence electrons. The Bertz CT molecular complexity index is 840. The van der Waals surface area contributed by atoms with Gasteiger partial charge in [0, 0.05) is 28.5 Å². The molecule has 6 heteroatoms. The van der Waals surface area contributed by atoms with Gasteiger partial charge in [-0.2, -0.15) is 0 Å². The zero-order chi connectivity index (χ0) is 16.4. The van der Waals surface area contributed by atoms with E-state index in [9.17, 15) is 9.18 Å². The van der Waals surface area contributed by atoms with Gasteiger partial charge >= 0.3 is 0 Å². The van der Waals surface area contributed by atoms with Crippen LogP contribution in [0.5, 0.6) is 5.75 Å². The number of rotatable bonds is 5. The first-order valence-electron chi connectivity index (χ1n) is 7.07. The molecule has 3 aromatic rings. The number of aryl methyl sites for hydroxylation is 1. The van der Waals surface area contributed by atoms with Gasteiger partial charge in [-0.25, -0.2) is 9.37 Å². The number of hydrogen-bond acceptors (Lipinski definition) is 4. The SMILES string of the molecule is Cc1cc(C(=O)COc2ccccc2F)c(C)n1-c1nccs1. The van der Waals surface area contributed by atoms with E-state index in [1.165, 1.54) is 23.5 Å². The van der Waals surface area contributed by atoms with E-state index in [4.69, 9.17) is 4.74 Å². The van der Waals surface area contributed by atoms with Crippen molar-refractivity contribution in [1.29, 1.82) is 0 Å². The van der Waals surface area contributed by atoms with Gasteiger partial charge in [0.1, 0.15) is 0 Å². The maximum atomic E-state index is 13.5. The molecule has 3 rings (SSSR count). The van der Waals surface area contributed by atoms with Gasteiger partial charge in [-0.3, -0.25) is 9.36 Å². The Kier molecular flexibility index (Phi) is 4.25. The van der Waals surface area contributed by atoms with Crippen molar-refractivity contribution in [3.8, 4) is 10.9 Å². The van der Waals surface area contributed by atoms with Crippen LogP contribution in [0.25, 0.3) is 5.13 Å². The van der Waals surface area contributed by atoms with Crippen LogP contribution in [0.3, 0.4) is 0 Å². The average Bonchev–Trinajstić information content (AvgIpc) is 3.14. The molecule has 0 aliphatic carbocycles. The third kappa shape index (κ3) is 3.03. The summed E-state index contributed by atoms with van der Waals surface area (Å²) < 4.78 is 20.8. The summed E-state index contributed by atoms with van der Waals surface area (Å²) in [6.07, 6.45) is 1.72. The first-order chi connectivity index (χ1) is 11.1. The summed E-state index contributed by atoms with van der Waals surface area (Å²) in [5.74, 6) is -0.590. The lowest BCUT2D eigenvalue weighted by Gasteiger charge is -2.07. The number of carbonyl (C=O) groups excluding carboxylic acids is 1. The first kappa shape index (κ1) is 15.4. The van der Waals surface area contributed by atoms with Crippen molar-refractivity contribution < 1.29 is 13.9 Å². The monoisotopic (exact) mass is 330 g/mol. The second kappa shape index (κ2) is 6.34. The molecule has 0 saturated heterocycles. The lowest BCUT2D eigenvalue weighted by molar-refractivity contribution is 0.0918. The number of ketones is 1. The minimum absolute atomic E-state index is 0.0783. The van der Waals surface area contributed by atoms with Crippen LogP contribution in [-0.2, 0) is 0 Å². The van der Waals surface area contributed by atoms with E-state index in [0.717, 1.165) is 16.5 Å². The van der Waals surface area contributed by atoms with Crippen molar-refractivity contribution in [2.24, 2.45) is 0 Å². The fourth-order valence-electron chi connectivity index (χ4n) is 2.45. The molecule has 0 bridgehead atoms. The highest BCUT2D eigenvalue weighted by atomic mass is 32.1. The molecule has 0 amide bonds. The summed E-state index contributed by atoms with van der Waals surface area (Å²) in [6.45, 7) is 3.58. The van der Waals surface area contributed by atoms with Gasteiger partial charge in [-0.05, 0) is 32.0 Å². The molecule has 0 spiro atoms. The largest absolute Gasteiger partial charge is 0.482 e. The zero-order valence-electron chi connectivity index (χ0n) is 12.7. The topological polar surface area (TPSA) is 44.1 Å². The third-order valence-electron chi connectivity index (χ3n) is 3.54. The fourth-order valence-corrected chi connectivity index (χ4v) is 3.20. The van der Waals surface area contributed by atoms with Crippen molar-refractivity contribution in [2.45, 2.75) is 13.8 Å². The lowest BCUT2D eigenvalue weighted by atomic mass is 10.1. The van der Waals surface area contributed by atoms with Crippen molar-refractivity contribution in [2.75, 3.05) is 6.61 Å². The summed E-state index contributed by atoms with van der Waals surface area (Å²) in [6, 6.07) is 7.85. The Morgan fingerprint density at radius 3 is 2.83 bits per heavy atom.